The molecule has 3 N–H and O–H groups in total. The predicted molar refractivity (Wildman–Crippen MR) is 83.8 cm³/mol. The molecule has 2 aromatic heterocycles. The Labute approximate surface area is 129 Å². The summed E-state index contributed by atoms with van der Waals surface area (Å²) in [6, 6.07) is 3.53. The van der Waals surface area contributed by atoms with Crippen molar-refractivity contribution < 1.29 is 8.42 Å². The molecule has 0 bridgehead atoms. The molecule has 21 heavy (non-hydrogen) atoms. The van der Waals surface area contributed by atoms with Gasteiger partial charge in [-0.3, -0.25) is 0 Å². The first-order valence-corrected chi connectivity index (χ1v) is 9.19. The fraction of sp³-hybridized carbons (Fsp3) is 0.462. The van der Waals surface area contributed by atoms with Crippen molar-refractivity contribution in [3.8, 4) is 0 Å². The summed E-state index contributed by atoms with van der Waals surface area (Å²) >= 11 is 1.31. The summed E-state index contributed by atoms with van der Waals surface area (Å²) in [7, 11) is -3.46. The summed E-state index contributed by atoms with van der Waals surface area (Å²) in [5.41, 5.74) is 0. The van der Waals surface area contributed by atoms with E-state index in [1.54, 1.807) is 18.5 Å². The number of hydrogen-bond donors (Lipinski definition) is 3. The fourth-order valence-corrected chi connectivity index (χ4v) is 4.17. The third-order valence-electron chi connectivity index (χ3n) is 2.86. The van der Waals surface area contributed by atoms with Crippen LogP contribution in [0.3, 0.4) is 0 Å². The molecular weight excluding hydrogens is 308 g/mol. The Morgan fingerprint density at radius 3 is 2.90 bits per heavy atom. The maximum Gasteiger partial charge on any atom is 0.250 e. The molecule has 0 spiro atoms. The van der Waals surface area contributed by atoms with Crippen molar-refractivity contribution in [1.82, 2.24) is 20.0 Å². The van der Waals surface area contributed by atoms with Crippen LogP contribution >= 0.6 is 11.3 Å². The smallest absolute Gasteiger partial charge is 0.250 e. The van der Waals surface area contributed by atoms with E-state index in [1.165, 1.54) is 11.3 Å². The van der Waals surface area contributed by atoms with Crippen LogP contribution in [0, 0.1) is 0 Å². The molecule has 2 rings (SSSR count). The highest BCUT2D eigenvalue weighted by atomic mass is 32.2. The van der Waals surface area contributed by atoms with Crippen molar-refractivity contribution in [3.05, 3.63) is 35.2 Å². The van der Waals surface area contributed by atoms with Crippen LogP contribution in [0.1, 0.15) is 24.0 Å². The van der Waals surface area contributed by atoms with Crippen LogP contribution in [0.2, 0.25) is 0 Å². The number of aromatic amines is 1. The van der Waals surface area contributed by atoms with Gasteiger partial charge in [0.15, 0.2) is 0 Å². The van der Waals surface area contributed by atoms with E-state index in [2.05, 4.69) is 26.9 Å². The second kappa shape index (κ2) is 7.69. The highest BCUT2D eigenvalue weighted by Gasteiger charge is 2.16. The first-order chi connectivity index (χ1) is 10.1. The summed E-state index contributed by atoms with van der Waals surface area (Å²) < 4.78 is 27.2. The van der Waals surface area contributed by atoms with Gasteiger partial charge in [-0.1, -0.05) is 6.92 Å². The molecule has 0 atom stereocenters. The van der Waals surface area contributed by atoms with Crippen molar-refractivity contribution in [2.24, 2.45) is 0 Å². The number of nitrogens with zero attached hydrogens (tertiary/aromatic N) is 1. The lowest BCUT2D eigenvalue weighted by Gasteiger charge is -2.02. The third kappa shape index (κ3) is 4.92. The second-order valence-electron chi connectivity index (χ2n) is 4.58. The molecule has 0 aliphatic heterocycles. The molecule has 116 valence electrons. The van der Waals surface area contributed by atoms with Gasteiger partial charge in [0.25, 0.3) is 0 Å². The van der Waals surface area contributed by atoms with E-state index in [0.717, 1.165) is 30.8 Å². The Morgan fingerprint density at radius 2 is 2.19 bits per heavy atom. The number of sulfonamides is 1. The molecule has 0 aliphatic carbocycles. The third-order valence-corrected chi connectivity index (χ3v) is 5.90. The van der Waals surface area contributed by atoms with E-state index < -0.39 is 10.0 Å². The number of rotatable bonds is 9. The molecule has 2 aromatic rings. The Hall–Kier alpha value is -1.22. The molecule has 8 heteroatoms. The largest absolute Gasteiger partial charge is 0.347 e. The van der Waals surface area contributed by atoms with Crippen molar-refractivity contribution in [2.45, 2.75) is 30.5 Å². The standard InChI is InChI=1S/C13H20N4O2S2/c1-2-6-14-7-5-11-3-4-13(20-11)21(18,19)17-10-12-15-8-9-16-12/h3-4,8-9,14,17H,2,5-7,10H2,1H3,(H,15,16). The van der Waals surface area contributed by atoms with E-state index in [4.69, 9.17) is 0 Å². The van der Waals surface area contributed by atoms with Crippen LogP contribution in [0.4, 0.5) is 0 Å². The molecule has 0 aromatic carbocycles. The first-order valence-electron chi connectivity index (χ1n) is 6.89. The number of aromatic nitrogens is 2. The SMILES string of the molecule is CCCNCCc1ccc(S(=O)(=O)NCc2ncc[nH]2)s1. The Morgan fingerprint density at radius 1 is 1.33 bits per heavy atom. The van der Waals surface area contributed by atoms with Crippen molar-refractivity contribution >= 4 is 21.4 Å². The van der Waals surface area contributed by atoms with E-state index in [9.17, 15) is 8.42 Å². The molecule has 0 radical (unpaired) electrons. The minimum Gasteiger partial charge on any atom is -0.347 e. The Bertz CT molecular complexity index is 635. The van der Waals surface area contributed by atoms with Crippen LogP contribution in [0.5, 0.6) is 0 Å². The van der Waals surface area contributed by atoms with E-state index in [1.807, 2.05) is 6.07 Å². The van der Waals surface area contributed by atoms with Gasteiger partial charge in [-0.15, -0.1) is 11.3 Å². The molecule has 2 heterocycles. The minimum atomic E-state index is -3.46. The average Bonchev–Trinajstić information content (AvgIpc) is 3.13. The highest BCUT2D eigenvalue weighted by molar-refractivity contribution is 7.91. The van der Waals surface area contributed by atoms with Crippen molar-refractivity contribution in [2.75, 3.05) is 13.1 Å². The van der Waals surface area contributed by atoms with Crippen molar-refractivity contribution in [3.63, 3.8) is 0 Å². The topological polar surface area (TPSA) is 86.9 Å². The van der Waals surface area contributed by atoms with Crippen LogP contribution in [-0.4, -0.2) is 31.5 Å². The van der Waals surface area contributed by atoms with E-state index >= 15 is 0 Å². The van der Waals surface area contributed by atoms with Gasteiger partial charge in [0.1, 0.15) is 10.0 Å². The van der Waals surface area contributed by atoms with Gasteiger partial charge in [-0.05, 0) is 38.1 Å². The molecular formula is C13H20N4O2S2. The number of H-pyrrole nitrogens is 1. The zero-order chi connectivity index (χ0) is 15.1. The van der Waals surface area contributed by atoms with E-state index in [0.29, 0.717) is 10.0 Å². The van der Waals surface area contributed by atoms with Gasteiger partial charge >= 0.3 is 0 Å². The van der Waals surface area contributed by atoms with Crippen LogP contribution in [0.25, 0.3) is 0 Å². The van der Waals surface area contributed by atoms with Crippen LogP contribution in [0.15, 0.2) is 28.7 Å². The molecule has 0 fully saturated rings. The number of hydrogen-bond acceptors (Lipinski definition) is 5. The lowest BCUT2D eigenvalue weighted by Crippen LogP contribution is -2.22. The first kappa shape index (κ1) is 16.2. The van der Waals surface area contributed by atoms with Gasteiger partial charge in [-0.25, -0.2) is 18.1 Å². The molecule has 6 nitrogen and oxygen atoms in total. The maximum absolute atomic E-state index is 12.2. The zero-order valence-corrected chi connectivity index (χ0v) is 13.6. The number of nitrogens with one attached hydrogen (secondary N) is 3. The fourth-order valence-electron chi connectivity index (χ4n) is 1.78. The van der Waals surface area contributed by atoms with Gasteiger partial charge in [0.05, 0.1) is 6.54 Å². The number of imidazole rings is 1. The lowest BCUT2D eigenvalue weighted by atomic mass is 10.3. The Kier molecular flexibility index (Phi) is 5.92. The molecule has 0 saturated heterocycles. The summed E-state index contributed by atoms with van der Waals surface area (Å²) in [5.74, 6) is 0.596. The predicted octanol–water partition coefficient (Wildman–Crippen LogP) is 1.49. The van der Waals surface area contributed by atoms with E-state index in [-0.39, 0.29) is 6.54 Å². The average molecular weight is 328 g/mol. The second-order valence-corrected chi connectivity index (χ2v) is 7.74. The van der Waals surface area contributed by atoms with Gasteiger partial charge < -0.3 is 10.3 Å². The number of thiophene rings is 1. The maximum atomic E-state index is 12.2. The monoisotopic (exact) mass is 328 g/mol. The quantitative estimate of drug-likeness (QED) is 0.609. The van der Waals surface area contributed by atoms with Gasteiger partial charge in [-0.2, -0.15) is 0 Å². The Balaban J connectivity index is 1.89. The van der Waals surface area contributed by atoms with Crippen LogP contribution < -0.4 is 10.0 Å². The minimum absolute atomic E-state index is 0.167. The highest BCUT2D eigenvalue weighted by Crippen LogP contribution is 2.21. The van der Waals surface area contributed by atoms with Gasteiger partial charge in [0.2, 0.25) is 10.0 Å². The molecule has 0 aliphatic rings. The summed E-state index contributed by atoms with van der Waals surface area (Å²) in [4.78, 5) is 7.92. The molecule has 0 unspecified atom stereocenters. The summed E-state index contributed by atoms with van der Waals surface area (Å²) in [5, 5.41) is 3.30. The zero-order valence-electron chi connectivity index (χ0n) is 11.9. The van der Waals surface area contributed by atoms with Crippen molar-refractivity contribution in [1.29, 1.82) is 0 Å². The molecule has 0 saturated carbocycles. The summed E-state index contributed by atoms with van der Waals surface area (Å²) in [6.07, 6.45) is 5.20. The summed E-state index contributed by atoms with van der Waals surface area (Å²) in [6.45, 7) is 4.14. The van der Waals surface area contributed by atoms with Gasteiger partial charge in [0, 0.05) is 17.3 Å². The molecule has 0 amide bonds. The lowest BCUT2D eigenvalue weighted by molar-refractivity contribution is 0.582. The van der Waals surface area contributed by atoms with Crippen LogP contribution in [-0.2, 0) is 23.0 Å². The normalized spacial score (nSPS) is 11.9.